The number of carbonyl (C=O) groups is 1. The molecule has 196 valence electrons. The maximum Gasteiger partial charge on any atom is 0.323 e. The summed E-state index contributed by atoms with van der Waals surface area (Å²) < 4.78 is 27.6. The van der Waals surface area contributed by atoms with Gasteiger partial charge in [-0.05, 0) is 65.6 Å². The number of rotatable bonds is 6. The summed E-state index contributed by atoms with van der Waals surface area (Å²) in [4.78, 5) is 15.0. The van der Waals surface area contributed by atoms with Gasteiger partial charge in [0.25, 0.3) is 0 Å². The van der Waals surface area contributed by atoms with Crippen LogP contribution in [0.3, 0.4) is 0 Å². The topological polar surface area (TPSA) is 98.8 Å². The number of nitrogens with one attached hydrogen (secondary N) is 3. The maximum atomic E-state index is 13.8. The standard InChI is InChI=1S/C28H29F2N7O/c1-18-7-10-20(11-8-18)31-27(38)32-24-17-19(22-5-3-4-6-23(22)26-33-35-36-34-26)9-12-25(24)37(2)21-13-15-28(29,30)16-14-21/h3-12,17,21H,13-16H2,1-2H3,(H2,31,32,38)(H,33,34,35,36). The fraction of sp³-hybridized carbons (Fsp3) is 0.286. The van der Waals surface area contributed by atoms with E-state index >= 15 is 0 Å². The van der Waals surface area contributed by atoms with Crippen LogP contribution in [0.5, 0.6) is 0 Å². The van der Waals surface area contributed by atoms with Crippen molar-refractivity contribution in [3.05, 3.63) is 72.3 Å². The number of hydrogen-bond acceptors (Lipinski definition) is 5. The third kappa shape index (κ3) is 5.64. The molecule has 1 saturated carbocycles. The minimum atomic E-state index is -2.62. The van der Waals surface area contributed by atoms with Crippen molar-refractivity contribution in [3.8, 4) is 22.5 Å². The first-order valence-corrected chi connectivity index (χ1v) is 12.5. The summed E-state index contributed by atoms with van der Waals surface area (Å²) in [5, 5.41) is 20.1. The SMILES string of the molecule is Cc1ccc(NC(=O)Nc2cc(-c3ccccc3-c3nnn[nH]3)ccc2N(C)C2CCC(F)(F)CC2)cc1. The van der Waals surface area contributed by atoms with Crippen molar-refractivity contribution < 1.29 is 13.6 Å². The minimum Gasteiger partial charge on any atom is -0.370 e. The second-order valence-electron chi connectivity index (χ2n) is 9.67. The molecule has 2 amide bonds. The fourth-order valence-electron chi connectivity index (χ4n) is 4.86. The summed E-state index contributed by atoms with van der Waals surface area (Å²) in [6.07, 6.45) is 0.466. The zero-order valence-corrected chi connectivity index (χ0v) is 21.2. The number of tetrazole rings is 1. The van der Waals surface area contributed by atoms with Gasteiger partial charge < -0.3 is 15.5 Å². The van der Waals surface area contributed by atoms with Crippen LogP contribution in [0.25, 0.3) is 22.5 Å². The molecule has 3 aromatic carbocycles. The van der Waals surface area contributed by atoms with Crippen molar-refractivity contribution in [1.82, 2.24) is 20.6 Å². The highest BCUT2D eigenvalue weighted by Gasteiger charge is 2.36. The van der Waals surface area contributed by atoms with Gasteiger partial charge in [-0.25, -0.2) is 18.7 Å². The fourth-order valence-corrected chi connectivity index (χ4v) is 4.86. The van der Waals surface area contributed by atoms with Crippen LogP contribution < -0.4 is 15.5 Å². The number of halogens is 2. The molecule has 8 nitrogen and oxygen atoms in total. The first-order chi connectivity index (χ1) is 18.3. The molecule has 0 bridgehead atoms. The minimum absolute atomic E-state index is 0.0614. The number of anilines is 3. The first-order valence-electron chi connectivity index (χ1n) is 12.5. The molecule has 5 rings (SSSR count). The van der Waals surface area contributed by atoms with Gasteiger partial charge in [0.2, 0.25) is 5.92 Å². The predicted octanol–water partition coefficient (Wildman–Crippen LogP) is 6.50. The van der Waals surface area contributed by atoms with Gasteiger partial charge >= 0.3 is 6.03 Å². The highest BCUT2D eigenvalue weighted by molar-refractivity contribution is 6.02. The lowest BCUT2D eigenvalue weighted by molar-refractivity contribution is -0.0377. The average molecular weight is 518 g/mol. The Morgan fingerprint density at radius 2 is 1.71 bits per heavy atom. The summed E-state index contributed by atoms with van der Waals surface area (Å²) in [5.74, 6) is -2.09. The summed E-state index contributed by atoms with van der Waals surface area (Å²) in [7, 11) is 1.89. The van der Waals surface area contributed by atoms with E-state index in [-0.39, 0.29) is 18.9 Å². The van der Waals surface area contributed by atoms with Crippen molar-refractivity contribution in [2.75, 3.05) is 22.6 Å². The summed E-state index contributed by atoms with van der Waals surface area (Å²) in [5.41, 5.74) is 5.60. The van der Waals surface area contributed by atoms with Crippen LogP contribution in [0, 0.1) is 6.92 Å². The Labute approximate surface area is 219 Å². The second-order valence-corrected chi connectivity index (χ2v) is 9.67. The molecule has 0 saturated heterocycles. The number of alkyl halides is 2. The van der Waals surface area contributed by atoms with Gasteiger partial charge in [0.05, 0.1) is 11.4 Å². The molecular formula is C28H29F2N7O. The van der Waals surface area contributed by atoms with Crippen LogP contribution in [-0.4, -0.2) is 45.7 Å². The Morgan fingerprint density at radius 3 is 2.39 bits per heavy atom. The van der Waals surface area contributed by atoms with Gasteiger partial charge in [0.15, 0.2) is 5.82 Å². The van der Waals surface area contributed by atoms with Crippen molar-refractivity contribution >= 4 is 23.1 Å². The number of amides is 2. The van der Waals surface area contributed by atoms with E-state index in [0.29, 0.717) is 30.0 Å². The van der Waals surface area contributed by atoms with E-state index < -0.39 is 12.0 Å². The van der Waals surface area contributed by atoms with E-state index in [2.05, 4.69) is 31.3 Å². The van der Waals surface area contributed by atoms with Crippen LogP contribution in [0.1, 0.15) is 31.2 Å². The summed E-state index contributed by atoms with van der Waals surface area (Å²) in [6, 6.07) is 20.5. The highest BCUT2D eigenvalue weighted by atomic mass is 19.3. The second kappa shape index (κ2) is 10.6. The number of aromatic amines is 1. The molecule has 38 heavy (non-hydrogen) atoms. The highest BCUT2D eigenvalue weighted by Crippen LogP contribution is 2.40. The van der Waals surface area contributed by atoms with Gasteiger partial charge in [-0.1, -0.05) is 48.0 Å². The normalized spacial score (nSPS) is 15.2. The van der Waals surface area contributed by atoms with Crippen LogP contribution in [0.4, 0.5) is 30.6 Å². The molecule has 3 N–H and O–H groups in total. The Bertz CT molecular complexity index is 1400. The van der Waals surface area contributed by atoms with Crippen LogP contribution in [0.15, 0.2) is 66.7 Å². The molecular weight excluding hydrogens is 488 g/mol. The maximum absolute atomic E-state index is 13.8. The van der Waals surface area contributed by atoms with Crippen molar-refractivity contribution in [1.29, 1.82) is 0 Å². The Balaban J connectivity index is 1.48. The average Bonchev–Trinajstić information content (AvgIpc) is 3.45. The molecule has 1 aliphatic rings. The summed E-state index contributed by atoms with van der Waals surface area (Å²) in [6.45, 7) is 1.98. The smallest absolute Gasteiger partial charge is 0.323 e. The van der Waals surface area contributed by atoms with E-state index in [9.17, 15) is 13.6 Å². The third-order valence-corrected chi connectivity index (χ3v) is 7.01. The molecule has 1 fully saturated rings. The lowest BCUT2D eigenvalue weighted by Gasteiger charge is -2.36. The lowest BCUT2D eigenvalue weighted by atomic mass is 9.91. The van der Waals surface area contributed by atoms with E-state index in [1.54, 1.807) is 0 Å². The first kappa shape index (κ1) is 25.3. The molecule has 0 aliphatic heterocycles. The number of benzene rings is 3. The van der Waals surface area contributed by atoms with Gasteiger partial charge in [0.1, 0.15) is 0 Å². The number of carbonyl (C=O) groups excluding carboxylic acids is 1. The van der Waals surface area contributed by atoms with Crippen molar-refractivity contribution in [2.24, 2.45) is 0 Å². The van der Waals surface area contributed by atoms with E-state index in [1.165, 1.54) is 0 Å². The molecule has 0 radical (unpaired) electrons. The van der Waals surface area contributed by atoms with Crippen LogP contribution in [-0.2, 0) is 0 Å². The number of nitrogens with zero attached hydrogens (tertiary/aromatic N) is 4. The van der Waals surface area contributed by atoms with Gasteiger partial charge in [0, 0.05) is 37.2 Å². The zero-order valence-electron chi connectivity index (χ0n) is 21.2. The number of hydrogen-bond donors (Lipinski definition) is 3. The molecule has 10 heteroatoms. The van der Waals surface area contributed by atoms with E-state index in [1.807, 2.05) is 85.6 Å². The number of aromatic nitrogens is 4. The molecule has 1 aliphatic carbocycles. The molecule has 0 spiro atoms. The van der Waals surface area contributed by atoms with E-state index in [0.717, 1.165) is 27.9 Å². The predicted molar refractivity (Wildman–Crippen MR) is 144 cm³/mol. The zero-order chi connectivity index (χ0) is 26.7. The molecule has 1 aromatic heterocycles. The lowest BCUT2D eigenvalue weighted by Crippen LogP contribution is -2.39. The monoisotopic (exact) mass is 517 g/mol. The molecule has 0 atom stereocenters. The quantitative estimate of drug-likeness (QED) is 0.271. The molecule has 4 aromatic rings. The van der Waals surface area contributed by atoms with Gasteiger partial charge in [-0.15, -0.1) is 5.10 Å². The van der Waals surface area contributed by atoms with E-state index in [4.69, 9.17) is 0 Å². The Kier molecular flexibility index (Phi) is 7.04. The Morgan fingerprint density at radius 1 is 1.00 bits per heavy atom. The number of aryl methyl sites for hydroxylation is 1. The van der Waals surface area contributed by atoms with Gasteiger partial charge in [-0.3, -0.25) is 0 Å². The Hall–Kier alpha value is -4.34. The van der Waals surface area contributed by atoms with Crippen molar-refractivity contribution in [3.63, 3.8) is 0 Å². The van der Waals surface area contributed by atoms with Crippen LogP contribution in [0.2, 0.25) is 0 Å². The number of urea groups is 1. The largest absolute Gasteiger partial charge is 0.370 e. The molecule has 1 heterocycles. The van der Waals surface area contributed by atoms with Crippen LogP contribution >= 0.6 is 0 Å². The van der Waals surface area contributed by atoms with Gasteiger partial charge in [-0.2, -0.15) is 0 Å². The van der Waals surface area contributed by atoms with Crippen molar-refractivity contribution in [2.45, 2.75) is 44.6 Å². The number of H-pyrrole nitrogens is 1. The summed E-state index contributed by atoms with van der Waals surface area (Å²) >= 11 is 0. The third-order valence-electron chi connectivity index (χ3n) is 7.01. The molecule has 0 unspecified atom stereocenters.